The van der Waals surface area contributed by atoms with Gasteiger partial charge in [-0.1, -0.05) is 0 Å². The van der Waals surface area contributed by atoms with Crippen LogP contribution in [0.15, 0.2) is 0 Å². The van der Waals surface area contributed by atoms with Gasteiger partial charge in [0.1, 0.15) is 0 Å². The molecule has 0 aromatic rings. The summed E-state index contributed by atoms with van der Waals surface area (Å²) >= 11 is 0. The van der Waals surface area contributed by atoms with Gasteiger partial charge >= 0.3 is 6.03 Å². The first-order valence-corrected chi connectivity index (χ1v) is 10.2. The van der Waals surface area contributed by atoms with E-state index in [1.54, 1.807) is 0 Å². The van der Waals surface area contributed by atoms with E-state index in [1.807, 2.05) is 6.92 Å². The fraction of sp³-hybridized carbons (Fsp3) is 0.850. The van der Waals surface area contributed by atoms with E-state index in [2.05, 4.69) is 21.6 Å². The number of carbonyl (C=O) groups excluding carboxylic acids is 2. The zero-order valence-electron chi connectivity index (χ0n) is 15.7. The number of nitriles is 1. The lowest BCUT2D eigenvalue weighted by atomic mass is 9.53. The van der Waals surface area contributed by atoms with Crippen molar-refractivity contribution in [1.29, 1.82) is 5.26 Å². The van der Waals surface area contributed by atoms with Gasteiger partial charge in [0.2, 0.25) is 5.91 Å². The summed E-state index contributed by atoms with van der Waals surface area (Å²) in [7, 11) is 0. The fourth-order valence-electron chi connectivity index (χ4n) is 6.33. The van der Waals surface area contributed by atoms with Crippen LogP contribution in [0.1, 0.15) is 58.3 Å². The number of hydrogen-bond acceptors (Lipinski definition) is 4. The Balaban J connectivity index is 1.29. The minimum absolute atomic E-state index is 0.0759. The number of urea groups is 1. The molecule has 1 atom stereocenters. The molecule has 1 heterocycles. The maximum Gasteiger partial charge on any atom is 0.321 e. The molecule has 0 radical (unpaired) electrons. The first-order chi connectivity index (χ1) is 12.5. The molecule has 0 aromatic heterocycles. The molecule has 6 heteroatoms. The Morgan fingerprint density at radius 2 is 1.62 bits per heavy atom. The van der Waals surface area contributed by atoms with Gasteiger partial charge in [0.15, 0.2) is 0 Å². The lowest BCUT2D eigenvalue weighted by molar-refractivity contribution is -0.125. The van der Waals surface area contributed by atoms with Crippen molar-refractivity contribution in [2.24, 2.45) is 23.7 Å². The summed E-state index contributed by atoms with van der Waals surface area (Å²) in [6, 6.07) is 1.65. The number of nitrogens with zero attached hydrogens (tertiary/aromatic N) is 2. The quantitative estimate of drug-likeness (QED) is 0.811. The summed E-state index contributed by atoms with van der Waals surface area (Å²) in [4.78, 5) is 27.1. The summed E-state index contributed by atoms with van der Waals surface area (Å²) in [5, 5.41) is 14.8. The van der Waals surface area contributed by atoms with E-state index in [9.17, 15) is 9.59 Å². The summed E-state index contributed by atoms with van der Waals surface area (Å²) in [6.07, 6.45) is 8.83. The third kappa shape index (κ3) is 3.46. The van der Waals surface area contributed by atoms with E-state index in [0.29, 0.717) is 0 Å². The van der Waals surface area contributed by atoms with Gasteiger partial charge in [-0.15, -0.1) is 0 Å². The molecule has 0 aromatic carbocycles. The average molecular weight is 358 g/mol. The molecule has 0 spiro atoms. The number of nitrogens with one attached hydrogen (secondary N) is 2. The molecular formula is C20H30N4O2. The lowest BCUT2D eigenvalue weighted by Crippen LogP contribution is -2.62. The number of piperidine rings is 1. The monoisotopic (exact) mass is 358 g/mol. The molecule has 4 bridgehead atoms. The minimum atomic E-state index is -0.336. The van der Waals surface area contributed by atoms with Crippen LogP contribution in [0, 0.1) is 35.0 Å². The van der Waals surface area contributed by atoms with Crippen molar-refractivity contribution in [3.63, 3.8) is 0 Å². The molecule has 4 aliphatic carbocycles. The summed E-state index contributed by atoms with van der Waals surface area (Å²) in [5.41, 5.74) is -0.0759. The Bertz CT molecular complexity index is 583. The first-order valence-electron chi connectivity index (χ1n) is 10.2. The zero-order chi connectivity index (χ0) is 18.3. The molecule has 5 rings (SSSR count). The second-order valence-corrected chi connectivity index (χ2v) is 9.26. The van der Waals surface area contributed by atoms with Gasteiger partial charge in [0.05, 0.1) is 12.1 Å². The van der Waals surface area contributed by atoms with Crippen LogP contribution in [-0.4, -0.2) is 41.5 Å². The van der Waals surface area contributed by atoms with Gasteiger partial charge in [-0.25, -0.2) is 4.79 Å². The molecule has 2 N–H and O–H groups in total. The molecule has 1 aliphatic heterocycles. The van der Waals surface area contributed by atoms with Crippen molar-refractivity contribution in [3.8, 4) is 6.07 Å². The molecule has 4 saturated carbocycles. The van der Waals surface area contributed by atoms with Crippen molar-refractivity contribution < 1.29 is 9.59 Å². The highest BCUT2D eigenvalue weighted by Crippen LogP contribution is 2.55. The third-order valence-electron chi connectivity index (χ3n) is 7.29. The Morgan fingerprint density at radius 1 is 1.08 bits per heavy atom. The summed E-state index contributed by atoms with van der Waals surface area (Å²) in [6.45, 7) is 3.33. The smallest absolute Gasteiger partial charge is 0.321 e. The van der Waals surface area contributed by atoms with E-state index in [4.69, 9.17) is 5.26 Å². The molecule has 6 nitrogen and oxygen atoms in total. The van der Waals surface area contributed by atoms with Crippen molar-refractivity contribution in [2.45, 2.75) is 69.9 Å². The predicted octanol–water partition coefficient (Wildman–Crippen LogP) is 2.41. The largest absolute Gasteiger partial charge is 0.332 e. The highest BCUT2D eigenvalue weighted by Gasteiger charge is 2.51. The SMILES string of the molecule is CC(C(=O)NC(=O)NC12CC3CC(CC(C3)C1)C2)N1CCC(C#N)CC1. The second-order valence-electron chi connectivity index (χ2n) is 9.26. The van der Waals surface area contributed by atoms with Crippen LogP contribution in [0.3, 0.4) is 0 Å². The molecule has 5 fully saturated rings. The van der Waals surface area contributed by atoms with Crippen molar-refractivity contribution in [2.75, 3.05) is 13.1 Å². The third-order valence-corrected chi connectivity index (χ3v) is 7.29. The van der Waals surface area contributed by atoms with Gasteiger partial charge in [-0.05, 0) is 76.0 Å². The van der Waals surface area contributed by atoms with Gasteiger partial charge < -0.3 is 5.32 Å². The van der Waals surface area contributed by atoms with Crippen LogP contribution < -0.4 is 10.6 Å². The van der Waals surface area contributed by atoms with Gasteiger partial charge in [0, 0.05) is 24.5 Å². The normalized spacial score (nSPS) is 37.8. The Labute approximate surface area is 155 Å². The van der Waals surface area contributed by atoms with E-state index in [-0.39, 0.29) is 29.4 Å². The standard InChI is InChI=1S/C20H30N4O2/c1-13(24-4-2-14(12-21)3-5-24)18(25)22-19(26)23-20-9-15-6-16(10-20)8-17(7-15)11-20/h13-17H,2-11H2,1H3,(H2,22,23,25,26). The van der Waals surface area contributed by atoms with Crippen molar-refractivity contribution >= 4 is 11.9 Å². The van der Waals surface area contributed by atoms with Gasteiger partial charge in [0.25, 0.3) is 0 Å². The Hall–Kier alpha value is -1.61. The van der Waals surface area contributed by atoms with E-state index in [1.165, 1.54) is 19.3 Å². The predicted molar refractivity (Wildman–Crippen MR) is 96.9 cm³/mol. The van der Waals surface area contributed by atoms with Gasteiger partial charge in [-0.2, -0.15) is 5.26 Å². The van der Waals surface area contributed by atoms with Gasteiger partial charge in [-0.3, -0.25) is 15.0 Å². The molecule has 26 heavy (non-hydrogen) atoms. The van der Waals surface area contributed by atoms with E-state index in [0.717, 1.165) is 62.9 Å². The highest BCUT2D eigenvalue weighted by molar-refractivity contribution is 5.97. The van der Waals surface area contributed by atoms with Crippen molar-refractivity contribution in [3.05, 3.63) is 0 Å². The molecule has 5 aliphatic rings. The molecule has 1 saturated heterocycles. The Morgan fingerprint density at radius 3 is 2.12 bits per heavy atom. The number of likely N-dealkylation sites (tertiary alicyclic amines) is 1. The van der Waals surface area contributed by atoms with Crippen LogP contribution in [0.4, 0.5) is 4.79 Å². The van der Waals surface area contributed by atoms with E-state index < -0.39 is 0 Å². The number of rotatable bonds is 3. The first kappa shape index (κ1) is 17.8. The van der Waals surface area contributed by atoms with Crippen LogP contribution in [0.5, 0.6) is 0 Å². The molecule has 1 unspecified atom stereocenters. The average Bonchev–Trinajstić information content (AvgIpc) is 2.59. The van der Waals surface area contributed by atoms with Crippen LogP contribution >= 0.6 is 0 Å². The van der Waals surface area contributed by atoms with Crippen molar-refractivity contribution in [1.82, 2.24) is 15.5 Å². The number of amides is 3. The summed E-state index contributed by atoms with van der Waals surface area (Å²) < 4.78 is 0. The number of imide groups is 1. The van der Waals surface area contributed by atoms with Crippen LogP contribution in [-0.2, 0) is 4.79 Å². The molecular weight excluding hydrogens is 328 g/mol. The fourth-order valence-corrected chi connectivity index (χ4v) is 6.33. The van der Waals surface area contributed by atoms with Crippen LogP contribution in [0.25, 0.3) is 0 Å². The van der Waals surface area contributed by atoms with Crippen LogP contribution in [0.2, 0.25) is 0 Å². The molecule has 3 amide bonds. The Kier molecular flexibility index (Phi) is 4.68. The van der Waals surface area contributed by atoms with E-state index >= 15 is 0 Å². The topological polar surface area (TPSA) is 85.2 Å². The summed E-state index contributed by atoms with van der Waals surface area (Å²) in [5.74, 6) is 2.15. The maximum atomic E-state index is 12.5. The highest BCUT2D eigenvalue weighted by atomic mass is 16.2. The molecule has 142 valence electrons. The number of hydrogen-bond donors (Lipinski definition) is 2. The maximum absolute atomic E-state index is 12.5. The zero-order valence-corrected chi connectivity index (χ0v) is 15.7. The number of carbonyl (C=O) groups is 2. The lowest BCUT2D eigenvalue weighted by Gasteiger charge is -2.56. The minimum Gasteiger partial charge on any atom is -0.332 e. The second kappa shape index (κ2) is 6.84.